The summed E-state index contributed by atoms with van der Waals surface area (Å²) in [5.41, 5.74) is 0.938. The smallest absolute Gasteiger partial charge is 0.405 e. The Morgan fingerprint density at radius 3 is 1.10 bits per heavy atom. The molecule has 0 aromatic heterocycles. The van der Waals surface area contributed by atoms with Crippen molar-refractivity contribution in [2.24, 2.45) is 115 Å². The van der Waals surface area contributed by atoms with Gasteiger partial charge < -0.3 is 29.8 Å². The van der Waals surface area contributed by atoms with Crippen LogP contribution in [-0.2, 0) is 62.1 Å². The molecule has 6 N–H and O–H groups in total. The molecule has 16 bridgehead atoms. The highest BCUT2D eigenvalue weighted by Crippen LogP contribution is 2.64. The van der Waals surface area contributed by atoms with Crippen LogP contribution in [0.5, 0.6) is 0 Å². The number of carboxylic acids is 1. The largest absolute Gasteiger partial charge is 0.479 e. The Balaban J connectivity index is 0.000000149. The molecule has 19 nitrogen and oxygen atoms in total. The Hall–Kier alpha value is -4.94. The fraction of sp³-hybridized carbons (Fsp3) is 0.880. The average Bonchev–Trinajstić information content (AvgIpc) is 0.730. The summed E-state index contributed by atoms with van der Waals surface area (Å²) in [7, 11) is 0. The monoisotopic (exact) mass is 1430 g/mol. The molecule has 102 heavy (non-hydrogen) atoms. The Morgan fingerprint density at radius 2 is 0.735 bits per heavy atom. The molecular weight excluding hydrogens is 1290 g/mol. The van der Waals surface area contributed by atoms with Crippen LogP contribution >= 0.6 is 0 Å². The van der Waals surface area contributed by atoms with E-state index >= 15 is 0 Å². The molecule has 0 heterocycles. The fourth-order valence-electron chi connectivity index (χ4n) is 22.0. The third-order valence-corrected chi connectivity index (χ3v) is 28.7. The van der Waals surface area contributed by atoms with Crippen molar-refractivity contribution < 1.29 is 72.0 Å². The number of rotatable bonds is 19. The molecule has 17 fully saturated rings. The normalized spacial score (nSPS) is 35.8. The predicted molar refractivity (Wildman–Crippen MR) is 389 cm³/mol. The zero-order valence-electron chi connectivity index (χ0n) is 65.7. The van der Waals surface area contributed by atoms with Gasteiger partial charge >= 0.3 is 24.0 Å². The number of hydrogen-bond donors (Lipinski definition) is 5. The number of primary amides is 1. The molecule has 0 aromatic rings. The molecule has 0 radical (unpaired) electrons. The van der Waals surface area contributed by atoms with Gasteiger partial charge in [-0.25, -0.2) is 9.59 Å². The molecule has 17 aliphatic rings. The van der Waals surface area contributed by atoms with Gasteiger partial charge in [-0.15, -0.1) is 0 Å². The zero-order chi connectivity index (χ0) is 75.1. The van der Waals surface area contributed by atoms with Gasteiger partial charge in [0.05, 0.1) is 21.8 Å². The van der Waals surface area contributed by atoms with Crippen molar-refractivity contribution >= 4 is 59.4 Å². The van der Waals surface area contributed by atoms with Gasteiger partial charge in [-0.2, -0.15) is 0 Å². The van der Waals surface area contributed by atoms with Crippen molar-refractivity contribution in [1.82, 2.24) is 16.0 Å². The second-order valence-electron chi connectivity index (χ2n) is 39.0. The van der Waals surface area contributed by atoms with E-state index in [-0.39, 0.29) is 64.6 Å². The molecule has 0 aliphatic heterocycles. The second kappa shape index (κ2) is 31.1. The molecule has 576 valence electrons. The number of nitrogens with one attached hydrogen (secondary N) is 3. The molecule has 0 spiro atoms. The van der Waals surface area contributed by atoms with Gasteiger partial charge in [-0.05, 0) is 279 Å². The summed E-state index contributed by atoms with van der Waals surface area (Å²) < 4.78 is 23.7. The lowest BCUT2D eigenvalue weighted by Crippen LogP contribution is -2.62. The van der Waals surface area contributed by atoms with Crippen molar-refractivity contribution in [2.75, 3.05) is 0 Å². The fourth-order valence-corrected chi connectivity index (χ4v) is 22.0. The van der Waals surface area contributed by atoms with Gasteiger partial charge in [0.1, 0.15) is 16.8 Å². The van der Waals surface area contributed by atoms with Crippen LogP contribution < -0.4 is 21.7 Å². The van der Waals surface area contributed by atoms with Crippen LogP contribution in [0.2, 0.25) is 0 Å². The topological polar surface area (TPSA) is 290 Å². The summed E-state index contributed by atoms with van der Waals surface area (Å²) in [5, 5.41) is 17.3. The summed E-state index contributed by atoms with van der Waals surface area (Å²) in [4.78, 5) is 121. The zero-order valence-corrected chi connectivity index (χ0v) is 65.7. The number of carbonyl (C=O) groups is 10. The lowest BCUT2D eigenvalue weighted by Gasteiger charge is -2.61. The van der Waals surface area contributed by atoms with E-state index < -0.39 is 67.6 Å². The molecule has 17 rings (SSSR count). The number of carbonyl (C=O) groups excluding carboxylic acids is 9. The first-order valence-corrected chi connectivity index (χ1v) is 40.4. The van der Waals surface area contributed by atoms with Gasteiger partial charge in [0, 0.05) is 40.9 Å². The Kier molecular flexibility index (Phi) is 24.7. The van der Waals surface area contributed by atoms with Gasteiger partial charge in [0.2, 0.25) is 35.4 Å². The number of ether oxygens (including phenoxy) is 4. The molecule has 5 atom stereocenters. The average molecular weight is 1430 g/mol. The Labute approximate surface area is 610 Å². The van der Waals surface area contributed by atoms with Crippen LogP contribution in [0.1, 0.15) is 323 Å². The molecule has 7 amide bonds. The first kappa shape index (κ1) is 81.1. The van der Waals surface area contributed by atoms with Crippen LogP contribution in [0.25, 0.3) is 0 Å². The van der Waals surface area contributed by atoms with Gasteiger partial charge in [0.15, 0.2) is 6.10 Å². The maximum Gasteiger partial charge on any atom is 0.405 e. The van der Waals surface area contributed by atoms with Gasteiger partial charge in [-0.1, -0.05) is 95.4 Å². The maximum atomic E-state index is 12.7. The molecule has 17 saturated carbocycles. The number of carboxylic acid groups (broad SMARTS) is 1. The molecule has 0 aromatic carbocycles. The summed E-state index contributed by atoms with van der Waals surface area (Å²) in [6.07, 6.45) is 31.5. The van der Waals surface area contributed by atoms with E-state index in [2.05, 4.69) is 16.0 Å². The van der Waals surface area contributed by atoms with Crippen LogP contribution in [0.3, 0.4) is 0 Å². The Morgan fingerprint density at radius 1 is 0.412 bits per heavy atom. The maximum absolute atomic E-state index is 12.7. The van der Waals surface area contributed by atoms with E-state index in [4.69, 9.17) is 24.7 Å². The quantitative estimate of drug-likeness (QED) is 0.0593. The number of nitrogens with two attached hydrogens (primary N) is 1. The first-order chi connectivity index (χ1) is 47.5. The van der Waals surface area contributed by atoms with Crippen LogP contribution in [0, 0.1) is 109 Å². The Bertz CT molecular complexity index is 3010. The van der Waals surface area contributed by atoms with Crippen molar-refractivity contribution in [3.05, 3.63) is 0 Å². The molecule has 5 unspecified atom stereocenters. The van der Waals surface area contributed by atoms with E-state index in [0.717, 1.165) is 171 Å². The number of imide groups is 3. The summed E-state index contributed by atoms with van der Waals surface area (Å²) in [5.74, 6) is 5.56. The number of aliphatic carboxylic acids is 1. The number of hydrogen-bond acceptors (Lipinski definition) is 14. The molecule has 0 saturated heterocycles. The first-order valence-electron chi connectivity index (χ1n) is 40.4. The van der Waals surface area contributed by atoms with E-state index in [1.165, 1.54) is 57.8 Å². The third kappa shape index (κ3) is 18.5. The standard InChI is InChI=1S/C19H30O5.C17H27NO4.2C17H27NO2.C13H23NO2/c1-5-17(3,4)16(22)24-19-9-13-6-14(10-19)8-18(7-13,11-19)23-12(2)15(20)21;1-4-15(2,3)13(19)21-16-6-11-5-12(7-16)9-17(8-11,10-16)22-14(18)20;1-4-16(2,3)14(19)18-15(20)17-8-11-5-12(9-17)7-13(6-11)10-17;1-4-17(2,3)16(20)18-15(19)14-12-6-10-5-11(8-12)9-13(14)7-10;1-4-13(2,3)12(16)14-11(15)10-8-6-5-7-9-10/h12-14H,5-11H2,1-4H3,(H,20,21);11-12H,4-10H2,1-3H3,(H2,18,20);11-13H,4-10H2,1-3H3,(H,18,19,20);10-14H,4-9H2,1-3H3,(H,18,19,20);10H,4-9H2,1-3H3,(H,14,15,16). The van der Waals surface area contributed by atoms with E-state index in [0.29, 0.717) is 48.3 Å². The highest BCUT2D eigenvalue weighted by molar-refractivity contribution is 6.01. The van der Waals surface area contributed by atoms with Crippen molar-refractivity contribution in [2.45, 2.75) is 351 Å². The van der Waals surface area contributed by atoms with E-state index in [9.17, 15) is 53.1 Å². The third-order valence-electron chi connectivity index (χ3n) is 28.7. The highest BCUT2D eigenvalue weighted by Gasteiger charge is 2.64. The lowest BCUT2D eigenvalue weighted by atomic mass is 9.49. The van der Waals surface area contributed by atoms with Crippen LogP contribution in [0.4, 0.5) is 4.79 Å². The lowest BCUT2D eigenvalue weighted by molar-refractivity contribution is -0.248. The minimum Gasteiger partial charge on any atom is -0.479 e. The van der Waals surface area contributed by atoms with E-state index in [1.54, 1.807) is 6.92 Å². The van der Waals surface area contributed by atoms with E-state index in [1.807, 2.05) is 104 Å². The van der Waals surface area contributed by atoms with Crippen LogP contribution in [0.15, 0.2) is 0 Å². The SMILES string of the molecule is CCC(C)(C)C(=O)NC(=O)C12CC3CC(CC(C3)C1)C2.CCC(C)(C)C(=O)NC(=O)C1C2CC3CC(C2)CC1C3.CCC(C)(C)C(=O)NC(=O)C1CCCCC1.CCC(C)(C)C(=O)OC12CC3CC(C1)CC(OC(C)C(=O)O)(C3)C2.CCC(C)(C)C(=O)OC12CC3CC(CC(OC(N)=O)(C3)C1)C2. The minimum absolute atomic E-state index is 0.0188. The minimum atomic E-state index is -0.927. The summed E-state index contributed by atoms with van der Waals surface area (Å²) in [6.45, 7) is 30.6. The van der Waals surface area contributed by atoms with Crippen molar-refractivity contribution in [1.29, 1.82) is 0 Å². The predicted octanol–water partition coefficient (Wildman–Crippen LogP) is 15.8. The second-order valence-corrected chi connectivity index (χ2v) is 39.0. The summed E-state index contributed by atoms with van der Waals surface area (Å²) in [6, 6.07) is 0. The number of esters is 2. The van der Waals surface area contributed by atoms with Crippen molar-refractivity contribution in [3.8, 4) is 0 Å². The summed E-state index contributed by atoms with van der Waals surface area (Å²) >= 11 is 0. The number of amides is 7. The van der Waals surface area contributed by atoms with Crippen LogP contribution in [-0.4, -0.2) is 93.1 Å². The van der Waals surface area contributed by atoms with Crippen molar-refractivity contribution in [3.63, 3.8) is 0 Å². The highest BCUT2D eigenvalue weighted by atomic mass is 16.6. The molecule has 17 aliphatic carbocycles. The van der Waals surface area contributed by atoms with Gasteiger partial charge in [0.25, 0.3) is 0 Å². The molecular formula is C83H134N4O15. The molecule has 19 heteroatoms. The van der Waals surface area contributed by atoms with Gasteiger partial charge in [-0.3, -0.25) is 54.3 Å².